The molecule has 0 spiro atoms. The number of nitrogens with one attached hydrogen (secondary N) is 1. The summed E-state index contributed by atoms with van der Waals surface area (Å²) in [6, 6.07) is 6.13. The smallest absolute Gasteiger partial charge is 0.259 e. The zero-order chi connectivity index (χ0) is 26.8. The molecule has 1 aliphatic heterocycles. The van der Waals surface area contributed by atoms with E-state index in [1.165, 1.54) is 4.52 Å². The molecule has 0 saturated heterocycles. The van der Waals surface area contributed by atoms with Gasteiger partial charge in [-0.15, -0.1) is 5.10 Å². The Hall–Kier alpha value is -3.66. The molecule has 0 bridgehead atoms. The van der Waals surface area contributed by atoms with E-state index >= 15 is 0 Å². The molecule has 3 fully saturated rings. The molecule has 204 valence electrons. The summed E-state index contributed by atoms with van der Waals surface area (Å²) in [5.41, 5.74) is 9.82. The molecule has 3 heterocycles. The Kier molecular flexibility index (Phi) is 5.77. The van der Waals surface area contributed by atoms with E-state index in [-0.39, 0.29) is 47.5 Å². The molecule has 3 aliphatic carbocycles. The molecule has 1 atom stereocenters. The van der Waals surface area contributed by atoms with Gasteiger partial charge in [0.2, 0.25) is 0 Å². The van der Waals surface area contributed by atoms with E-state index in [2.05, 4.69) is 17.3 Å². The Balaban J connectivity index is 1.28. The van der Waals surface area contributed by atoms with Crippen molar-refractivity contribution in [3.63, 3.8) is 0 Å². The Labute approximate surface area is 226 Å². The highest BCUT2D eigenvalue weighted by Crippen LogP contribution is 2.42. The van der Waals surface area contributed by atoms with Crippen LogP contribution >= 0.6 is 0 Å². The zero-order valence-electron chi connectivity index (χ0n) is 22.1. The van der Waals surface area contributed by atoms with Crippen LogP contribution < -0.4 is 15.8 Å². The van der Waals surface area contributed by atoms with Crippen LogP contribution in [0.3, 0.4) is 0 Å². The summed E-state index contributed by atoms with van der Waals surface area (Å²) in [6.45, 7) is 2.68. The quantitative estimate of drug-likeness (QED) is 0.427. The molecule has 4 aliphatic rings. The molecule has 2 amide bonds. The summed E-state index contributed by atoms with van der Waals surface area (Å²) in [7, 11) is 0. The third kappa shape index (κ3) is 4.50. The monoisotopic (exact) mass is 530 g/mol. The number of carbonyl (C=O) groups is 2. The van der Waals surface area contributed by atoms with Gasteiger partial charge in [-0.25, -0.2) is 9.50 Å². The Morgan fingerprint density at radius 1 is 1.15 bits per heavy atom. The summed E-state index contributed by atoms with van der Waals surface area (Å²) in [5, 5.41) is 17.2. The van der Waals surface area contributed by atoms with Crippen LogP contribution in [0.5, 0.6) is 5.75 Å². The van der Waals surface area contributed by atoms with Crippen LogP contribution in [0.2, 0.25) is 0 Å². The van der Waals surface area contributed by atoms with Crippen LogP contribution in [0.4, 0.5) is 5.82 Å². The summed E-state index contributed by atoms with van der Waals surface area (Å²) in [5.74, 6) is 1.03. The number of carbonyl (C=O) groups excluding carboxylic acids is 2. The number of fused-ring (bicyclic) bond motifs is 2. The van der Waals surface area contributed by atoms with Crippen LogP contribution in [-0.2, 0) is 6.54 Å². The van der Waals surface area contributed by atoms with Crippen molar-refractivity contribution in [2.24, 2.45) is 5.92 Å². The fourth-order valence-electron chi connectivity index (χ4n) is 6.00. The summed E-state index contributed by atoms with van der Waals surface area (Å²) < 4.78 is 8.03. The number of nitrogens with two attached hydrogens (primary N) is 1. The molecule has 0 unspecified atom stereocenters. The fraction of sp³-hybridized carbons (Fsp3) is 0.517. The number of nitrogen functional groups attached to an aromatic ring is 1. The molecule has 7 rings (SSSR count). The van der Waals surface area contributed by atoms with E-state index in [0.29, 0.717) is 48.0 Å². The van der Waals surface area contributed by atoms with E-state index in [9.17, 15) is 14.7 Å². The standard InChI is InChI=1S/C29H34N6O4/c1-15(16-2-3-16)34-14-18-12-17(13-23(24(18)29(34)38)39-21-8-6-20(36)7-9-21)22-10-11-35-27(32-22)25(26(30)33-35)28(37)31-19-4-5-19/h10-13,15-16,19-21,36H,2-9,14H2,1H3,(H2,30,33)(H,31,37)/t15-,20?,21?/m0/s1. The molecule has 10 nitrogen and oxygen atoms in total. The Morgan fingerprint density at radius 2 is 1.92 bits per heavy atom. The third-order valence-electron chi connectivity index (χ3n) is 8.68. The average molecular weight is 531 g/mol. The van der Waals surface area contributed by atoms with Gasteiger partial charge in [-0.3, -0.25) is 9.59 Å². The van der Waals surface area contributed by atoms with E-state index < -0.39 is 0 Å². The van der Waals surface area contributed by atoms with Gasteiger partial charge in [0.05, 0.1) is 23.5 Å². The number of anilines is 1. The molecule has 3 aromatic rings. The second kappa shape index (κ2) is 9.22. The fourth-order valence-corrected chi connectivity index (χ4v) is 6.00. The maximum absolute atomic E-state index is 13.6. The van der Waals surface area contributed by atoms with Gasteiger partial charge in [-0.1, -0.05) is 0 Å². The van der Waals surface area contributed by atoms with Crippen LogP contribution in [-0.4, -0.2) is 60.7 Å². The SMILES string of the molecule is C[C@@H](C1CC1)N1Cc2cc(-c3ccn4nc(N)c(C(=O)NC5CC5)c4n3)cc(OC3CCC(O)CC3)c2C1=O. The molecule has 39 heavy (non-hydrogen) atoms. The molecular formula is C29H34N6O4. The highest BCUT2D eigenvalue weighted by atomic mass is 16.5. The number of rotatable bonds is 7. The lowest BCUT2D eigenvalue weighted by molar-refractivity contribution is 0.0625. The Morgan fingerprint density at radius 3 is 2.64 bits per heavy atom. The van der Waals surface area contributed by atoms with Crippen LogP contribution in [0, 0.1) is 5.92 Å². The highest BCUT2D eigenvalue weighted by molar-refractivity contribution is 6.05. The van der Waals surface area contributed by atoms with Crippen molar-refractivity contribution in [2.45, 2.75) is 89.1 Å². The van der Waals surface area contributed by atoms with Crippen molar-refractivity contribution < 1.29 is 19.4 Å². The van der Waals surface area contributed by atoms with E-state index in [1.54, 1.807) is 6.20 Å². The van der Waals surface area contributed by atoms with E-state index in [1.807, 2.05) is 23.1 Å². The zero-order valence-corrected chi connectivity index (χ0v) is 22.1. The first-order valence-corrected chi connectivity index (χ1v) is 14.1. The molecule has 4 N–H and O–H groups in total. The summed E-state index contributed by atoms with van der Waals surface area (Å²) >= 11 is 0. The normalized spacial score (nSPS) is 23.6. The first-order chi connectivity index (χ1) is 18.9. The van der Waals surface area contributed by atoms with Gasteiger partial charge in [0, 0.05) is 30.4 Å². The topological polar surface area (TPSA) is 135 Å². The van der Waals surface area contributed by atoms with Crippen molar-refractivity contribution in [3.8, 4) is 17.0 Å². The first-order valence-electron chi connectivity index (χ1n) is 14.1. The average Bonchev–Trinajstić information content (AvgIpc) is 3.85. The molecule has 10 heteroatoms. The van der Waals surface area contributed by atoms with Crippen molar-refractivity contribution in [1.82, 2.24) is 24.8 Å². The van der Waals surface area contributed by atoms with Gasteiger partial charge in [0.25, 0.3) is 11.8 Å². The maximum Gasteiger partial charge on any atom is 0.259 e. The molecule has 0 radical (unpaired) electrons. The van der Waals surface area contributed by atoms with E-state index in [0.717, 1.165) is 49.7 Å². The highest BCUT2D eigenvalue weighted by Gasteiger charge is 2.40. The minimum absolute atomic E-state index is 0.0211. The summed E-state index contributed by atoms with van der Waals surface area (Å²) in [6.07, 6.45) is 8.55. The second-order valence-electron chi connectivity index (χ2n) is 11.7. The molecule has 2 aromatic heterocycles. The van der Waals surface area contributed by atoms with Gasteiger partial charge >= 0.3 is 0 Å². The van der Waals surface area contributed by atoms with Crippen LogP contribution in [0.25, 0.3) is 16.9 Å². The number of aliphatic hydroxyl groups is 1. The number of nitrogens with zero attached hydrogens (tertiary/aromatic N) is 4. The molecule has 1 aromatic carbocycles. The number of amides is 2. The lowest BCUT2D eigenvalue weighted by Gasteiger charge is -2.27. The van der Waals surface area contributed by atoms with Gasteiger partial charge in [0.1, 0.15) is 11.3 Å². The van der Waals surface area contributed by atoms with Crippen molar-refractivity contribution >= 4 is 23.3 Å². The van der Waals surface area contributed by atoms with E-state index in [4.69, 9.17) is 15.5 Å². The number of benzene rings is 1. The van der Waals surface area contributed by atoms with Crippen molar-refractivity contribution in [1.29, 1.82) is 0 Å². The Bertz CT molecular complexity index is 1470. The van der Waals surface area contributed by atoms with Gasteiger partial charge < -0.3 is 25.8 Å². The lowest BCUT2D eigenvalue weighted by atomic mass is 9.95. The lowest BCUT2D eigenvalue weighted by Crippen LogP contribution is -2.35. The number of aromatic nitrogens is 3. The largest absolute Gasteiger partial charge is 0.490 e. The maximum atomic E-state index is 13.6. The predicted molar refractivity (Wildman–Crippen MR) is 144 cm³/mol. The van der Waals surface area contributed by atoms with Gasteiger partial charge in [0.15, 0.2) is 11.5 Å². The first kappa shape index (κ1) is 24.4. The number of hydrogen-bond donors (Lipinski definition) is 3. The molecule has 3 saturated carbocycles. The van der Waals surface area contributed by atoms with Crippen LogP contribution in [0.15, 0.2) is 24.4 Å². The summed E-state index contributed by atoms with van der Waals surface area (Å²) in [4.78, 5) is 33.4. The van der Waals surface area contributed by atoms with Crippen LogP contribution in [0.1, 0.15) is 84.6 Å². The second-order valence-corrected chi connectivity index (χ2v) is 11.7. The predicted octanol–water partition coefficient (Wildman–Crippen LogP) is 3.31. The minimum atomic E-state index is -0.288. The van der Waals surface area contributed by atoms with Crippen molar-refractivity contribution in [3.05, 3.63) is 41.1 Å². The number of aliphatic hydroxyl groups excluding tert-OH is 1. The third-order valence-corrected chi connectivity index (χ3v) is 8.68. The number of hydrogen-bond acceptors (Lipinski definition) is 7. The number of ether oxygens (including phenoxy) is 1. The van der Waals surface area contributed by atoms with Gasteiger partial charge in [-0.05, 0) is 88.0 Å². The minimum Gasteiger partial charge on any atom is -0.490 e. The van der Waals surface area contributed by atoms with Gasteiger partial charge in [-0.2, -0.15) is 0 Å². The van der Waals surface area contributed by atoms with Crippen molar-refractivity contribution in [2.75, 3.05) is 5.73 Å². The molecular weight excluding hydrogens is 496 g/mol.